The molecular weight excluding hydrogens is 204 g/mol. The number of carbonyl (C=O) groups is 1. The van der Waals surface area contributed by atoms with E-state index in [0.29, 0.717) is 23.0 Å². The summed E-state index contributed by atoms with van der Waals surface area (Å²) in [5, 5.41) is 0.303. The number of methoxy groups -OCH3 is 1. The molecule has 1 heterocycles. The van der Waals surface area contributed by atoms with Crippen molar-refractivity contribution in [3.05, 3.63) is 22.2 Å². The summed E-state index contributed by atoms with van der Waals surface area (Å²) in [6.07, 6.45) is 0.629. The molecule has 0 aromatic carbocycles. The molecule has 0 aliphatic heterocycles. The summed E-state index contributed by atoms with van der Waals surface area (Å²) in [7, 11) is 1.31. The number of aryl methyl sites for hydroxylation is 1. The molecule has 0 radical (unpaired) electrons. The molecule has 0 amide bonds. The number of esters is 1. The second kappa shape index (κ2) is 4.37. The van der Waals surface area contributed by atoms with Crippen molar-refractivity contribution in [2.24, 2.45) is 0 Å². The third kappa shape index (κ3) is 2.01. The summed E-state index contributed by atoms with van der Waals surface area (Å²) in [5.41, 5.74) is 0.792. The van der Waals surface area contributed by atoms with E-state index in [4.69, 9.17) is 11.6 Å². The van der Waals surface area contributed by atoms with Gasteiger partial charge in [-0.1, -0.05) is 18.5 Å². The molecule has 4 nitrogen and oxygen atoms in total. The number of hydrogen-bond donors (Lipinski definition) is 0. The largest absolute Gasteiger partial charge is 0.464 e. The molecule has 1 aromatic heterocycles. The van der Waals surface area contributed by atoms with Gasteiger partial charge in [0.25, 0.3) is 0 Å². The van der Waals surface area contributed by atoms with Gasteiger partial charge in [-0.25, -0.2) is 14.8 Å². The summed E-state index contributed by atoms with van der Waals surface area (Å²) < 4.78 is 4.58. The average Bonchev–Trinajstić information content (AvgIpc) is 2.20. The molecule has 1 aromatic rings. The summed E-state index contributed by atoms with van der Waals surface area (Å²) in [4.78, 5) is 19.4. The van der Waals surface area contributed by atoms with E-state index in [2.05, 4.69) is 14.7 Å². The fraction of sp³-hybridized carbons (Fsp3) is 0.444. The first kappa shape index (κ1) is 10.9. The second-order valence-corrected chi connectivity index (χ2v) is 3.11. The van der Waals surface area contributed by atoms with Crippen LogP contribution in [0, 0.1) is 6.92 Å². The molecule has 76 valence electrons. The zero-order chi connectivity index (χ0) is 10.7. The summed E-state index contributed by atoms with van der Waals surface area (Å²) in [6, 6.07) is 0. The minimum Gasteiger partial charge on any atom is -0.464 e. The van der Waals surface area contributed by atoms with E-state index < -0.39 is 5.97 Å². The first-order valence-corrected chi connectivity index (χ1v) is 4.59. The van der Waals surface area contributed by atoms with E-state index in [-0.39, 0.29) is 5.69 Å². The van der Waals surface area contributed by atoms with Crippen LogP contribution in [0.5, 0.6) is 0 Å². The molecule has 0 N–H and O–H groups in total. The number of halogens is 1. The SMILES string of the molecule is CCc1nc(Cl)c(C)c(C(=O)OC)n1. The molecular formula is C9H11ClN2O2. The predicted octanol–water partition coefficient (Wildman–Crippen LogP) is 1.79. The van der Waals surface area contributed by atoms with E-state index in [1.54, 1.807) is 6.92 Å². The highest BCUT2D eigenvalue weighted by atomic mass is 35.5. The summed E-state index contributed by atoms with van der Waals surface area (Å²) in [5.74, 6) is 0.0579. The van der Waals surface area contributed by atoms with Crippen LogP contribution in [0.1, 0.15) is 28.8 Å². The standard InChI is InChI=1S/C9H11ClN2O2/c1-4-6-11-7(9(13)14-3)5(2)8(10)12-6/h4H2,1-3H3. The molecule has 0 fully saturated rings. The molecule has 0 saturated heterocycles. The van der Waals surface area contributed by atoms with E-state index in [9.17, 15) is 4.79 Å². The first-order valence-electron chi connectivity index (χ1n) is 4.21. The maximum absolute atomic E-state index is 11.3. The average molecular weight is 215 g/mol. The quantitative estimate of drug-likeness (QED) is 0.556. The zero-order valence-corrected chi connectivity index (χ0v) is 9.05. The lowest BCUT2D eigenvalue weighted by Gasteiger charge is -2.05. The number of hydrogen-bond acceptors (Lipinski definition) is 4. The maximum Gasteiger partial charge on any atom is 0.357 e. The molecule has 0 unspecified atom stereocenters. The van der Waals surface area contributed by atoms with Gasteiger partial charge in [0.2, 0.25) is 0 Å². The van der Waals surface area contributed by atoms with Gasteiger partial charge in [-0.15, -0.1) is 0 Å². The van der Waals surface area contributed by atoms with Crippen molar-refractivity contribution in [2.45, 2.75) is 20.3 Å². The lowest BCUT2D eigenvalue weighted by molar-refractivity contribution is 0.0592. The highest BCUT2D eigenvalue weighted by molar-refractivity contribution is 6.30. The van der Waals surface area contributed by atoms with Crippen molar-refractivity contribution >= 4 is 17.6 Å². The van der Waals surface area contributed by atoms with E-state index >= 15 is 0 Å². The molecule has 14 heavy (non-hydrogen) atoms. The first-order chi connectivity index (χ1) is 6.60. The zero-order valence-electron chi connectivity index (χ0n) is 8.30. The van der Waals surface area contributed by atoms with E-state index in [1.165, 1.54) is 7.11 Å². The summed E-state index contributed by atoms with van der Waals surface area (Å²) >= 11 is 5.84. The number of nitrogens with zero attached hydrogens (tertiary/aromatic N) is 2. The maximum atomic E-state index is 11.3. The van der Waals surface area contributed by atoms with Gasteiger partial charge in [-0.05, 0) is 6.92 Å². The van der Waals surface area contributed by atoms with E-state index in [0.717, 1.165) is 0 Å². The third-order valence-electron chi connectivity index (χ3n) is 1.83. The van der Waals surface area contributed by atoms with Crippen molar-refractivity contribution in [2.75, 3.05) is 7.11 Å². The van der Waals surface area contributed by atoms with Crippen LogP contribution < -0.4 is 0 Å². The lowest BCUT2D eigenvalue weighted by atomic mass is 10.2. The van der Waals surface area contributed by atoms with Crippen molar-refractivity contribution < 1.29 is 9.53 Å². The molecule has 1 rings (SSSR count). The molecule has 0 saturated carbocycles. The molecule has 0 aliphatic rings. The van der Waals surface area contributed by atoms with Gasteiger partial charge in [0.15, 0.2) is 5.69 Å². The van der Waals surface area contributed by atoms with Gasteiger partial charge >= 0.3 is 5.97 Å². The normalized spacial score (nSPS) is 10.0. The van der Waals surface area contributed by atoms with Gasteiger partial charge < -0.3 is 4.74 Å². The lowest BCUT2D eigenvalue weighted by Crippen LogP contribution is -2.10. The van der Waals surface area contributed by atoms with Crippen LogP contribution in [-0.2, 0) is 11.2 Å². The molecule has 5 heteroatoms. The van der Waals surface area contributed by atoms with Gasteiger partial charge in [0.1, 0.15) is 11.0 Å². The Kier molecular flexibility index (Phi) is 3.41. The molecule has 0 atom stereocenters. The topological polar surface area (TPSA) is 52.1 Å². The van der Waals surface area contributed by atoms with Crippen LogP contribution in [-0.4, -0.2) is 23.0 Å². The van der Waals surface area contributed by atoms with Crippen LogP contribution in [0.2, 0.25) is 5.15 Å². The van der Waals surface area contributed by atoms with Gasteiger partial charge in [-0.3, -0.25) is 0 Å². The fourth-order valence-corrected chi connectivity index (χ4v) is 1.17. The van der Waals surface area contributed by atoms with Crippen LogP contribution in [0.25, 0.3) is 0 Å². The van der Waals surface area contributed by atoms with Crippen LogP contribution in [0.15, 0.2) is 0 Å². The second-order valence-electron chi connectivity index (χ2n) is 2.75. The monoisotopic (exact) mass is 214 g/mol. The third-order valence-corrected chi connectivity index (χ3v) is 2.20. The highest BCUT2D eigenvalue weighted by Crippen LogP contribution is 2.16. The highest BCUT2D eigenvalue weighted by Gasteiger charge is 2.15. The number of ether oxygens (including phenoxy) is 1. The number of rotatable bonds is 2. The van der Waals surface area contributed by atoms with Crippen LogP contribution >= 0.6 is 11.6 Å². The van der Waals surface area contributed by atoms with Crippen molar-refractivity contribution in [3.63, 3.8) is 0 Å². The Hall–Kier alpha value is -1.16. The van der Waals surface area contributed by atoms with Crippen molar-refractivity contribution in [3.8, 4) is 0 Å². The predicted molar refractivity (Wildman–Crippen MR) is 52.5 cm³/mol. The summed E-state index contributed by atoms with van der Waals surface area (Å²) in [6.45, 7) is 3.58. The van der Waals surface area contributed by atoms with Gasteiger partial charge in [0, 0.05) is 12.0 Å². The Morgan fingerprint density at radius 1 is 1.50 bits per heavy atom. The minimum absolute atomic E-state index is 0.240. The Labute approximate surface area is 87.3 Å². The number of aromatic nitrogens is 2. The van der Waals surface area contributed by atoms with Gasteiger partial charge in [-0.2, -0.15) is 0 Å². The minimum atomic E-state index is -0.485. The Bertz CT molecular complexity index is 366. The smallest absolute Gasteiger partial charge is 0.357 e. The Balaban J connectivity index is 3.27. The molecule has 0 bridgehead atoms. The molecule has 0 aliphatic carbocycles. The Morgan fingerprint density at radius 3 is 2.64 bits per heavy atom. The molecule has 0 spiro atoms. The van der Waals surface area contributed by atoms with Crippen LogP contribution in [0.3, 0.4) is 0 Å². The van der Waals surface area contributed by atoms with E-state index in [1.807, 2.05) is 6.92 Å². The number of carbonyl (C=O) groups excluding carboxylic acids is 1. The Morgan fingerprint density at radius 2 is 2.14 bits per heavy atom. The van der Waals surface area contributed by atoms with Crippen molar-refractivity contribution in [1.29, 1.82) is 0 Å². The van der Waals surface area contributed by atoms with Crippen molar-refractivity contribution in [1.82, 2.24) is 9.97 Å². The van der Waals surface area contributed by atoms with Gasteiger partial charge in [0.05, 0.1) is 7.11 Å². The van der Waals surface area contributed by atoms with Crippen LogP contribution in [0.4, 0.5) is 0 Å². The fourth-order valence-electron chi connectivity index (χ4n) is 0.986.